The number of hydrogen-bond acceptors (Lipinski definition) is 5. The first-order valence-corrected chi connectivity index (χ1v) is 8.37. The Hall–Kier alpha value is -1.92. The molecular formula is C15H18N2O3S. The van der Waals surface area contributed by atoms with Gasteiger partial charge in [-0.25, -0.2) is 8.42 Å². The average molecular weight is 306 g/mol. The number of hydrogen-bond donors (Lipinski definition) is 1. The average Bonchev–Trinajstić information content (AvgIpc) is 2.42. The number of aryl methyl sites for hydroxylation is 1. The third kappa shape index (κ3) is 4.03. The Labute approximate surface area is 124 Å². The van der Waals surface area contributed by atoms with Crippen LogP contribution < -0.4 is 10.1 Å². The van der Waals surface area contributed by atoms with Crippen molar-refractivity contribution in [2.75, 3.05) is 13.3 Å². The first-order chi connectivity index (χ1) is 9.90. The molecule has 2 aromatic rings. The molecule has 0 bridgehead atoms. The van der Waals surface area contributed by atoms with E-state index >= 15 is 0 Å². The smallest absolute Gasteiger partial charge is 0.175 e. The van der Waals surface area contributed by atoms with Gasteiger partial charge in [-0.05, 0) is 38.2 Å². The monoisotopic (exact) mass is 306 g/mol. The molecule has 0 saturated carbocycles. The summed E-state index contributed by atoms with van der Waals surface area (Å²) in [7, 11) is -1.34. The number of nitrogens with one attached hydrogen (secondary N) is 1. The summed E-state index contributed by atoms with van der Waals surface area (Å²) in [5.41, 5.74) is 1.80. The van der Waals surface area contributed by atoms with Crippen molar-refractivity contribution in [1.29, 1.82) is 0 Å². The zero-order chi connectivity index (χ0) is 15.5. The van der Waals surface area contributed by atoms with Crippen molar-refractivity contribution >= 4 is 9.84 Å². The molecule has 0 radical (unpaired) electrons. The van der Waals surface area contributed by atoms with Gasteiger partial charge in [0.15, 0.2) is 9.84 Å². The first kappa shape index (κ1) is 15.5. The second-order valence-corrected chi connectivity index (χ2v) is 6.83. The van der Waals surface area contributed by atoms with E-state index < -0.39 is 9.84 Å². The fraction of sp³-hybridized carbons (Fsp3) is 0.267. The van der Waals surface area contributed by atoms with Crippen LogP contribution in [0.5, 0.6) is 11.5 Å². The van der Waals surface area contributed by atoms with E-state index in [-0.39, 0.29) is 4.90 Å². The number of nitrogens with zero attached hydrogens (tertiary/aromatic N) is 1. The van der Waals surface area contributed by atoms with Gasteiger partial charge in [0.25, 0.3) is 0 Å². The predicted molar refractivity (Wildman–Crippen MR) is 81.4 cm³/mol. The van der Waals surface area contributed by atoms with Gasteiger partial charge in [0.1, 0.15) is 11.5 Å². The SMILES string of the molecule is CNCc1cnc(C)cc1Oc1ccc(S(C)(=O)=O)cc1. The molecule has 112 valence electrons. The zero-order valence-electron chi connectivity index (χ0n) is 12.3. The molecule has 0 spiro atoms. The van der Waals surface area contributed by atoms with Gasteiger partial charge in [0.2, 0.25) is 0 Å². The lowest BCUT2D eigenvalue weighted by atomic mass is 10.2. The van der Waals surface area contributed by atoms with Gasteiger partial charge < -0.3 is 10.1 Å². The molecule has 5 nitrogen and oxygen atoms in total. The Morgan fingerprint density at radius 2 is 1.90 bits per heavy atom. The van der Waals surface area contributed by atoms with E-state index in [1.165, 1.54) is 18.4 Å². The topological polar surface area (TPSA) is 68.3 Å². The largest absolute Gasteiger partial charge is 0.457 e. The molecule has 1 aromatic carbocycles. The van der Waals surface area contributed by atoms with Gasteiger partial charge in [-0.3, -0.25) is 4.98 Å². The van der Waals surface area contributed by atoms with E-state index in [0.29, 0.717) is 18.0 Å². The summed E-state index contributed by atoms with van der Waals surface area (Å²) < 4.78 is 28.7. The van der Waals surface area contributed by atoms with Crippen LogP contribution in [-0.2, 0) is 16.4 Å². The zero-order valence-corrected chi connectivity index (χ0v) is 13.1. The highest BCUT2D eigenvalue weighted by molar-refractivity contribution is 7.90. The second-order valence-electron chi connectivity index (χ2n) is 4.81. The Bertz CT molecular complexity index is 725. The van der Waals surface area contributed by atoms with E-state index in [1.807, 2.05) is 20.0 Å². The molecule has 0 fully saturated rings. The molecule has 0 aliphatic heterocycles. The summed E-state index contributed by atoms with van der Waals surface area (Å²) in [6.07, 6.45) is 2.95. The van der Waals surface area contributed by atoms with E-state index in [9.17, 15) is 8.42 Å². The molecule has 0 aliphatic carbocycles. The van der Waals surface area contributed by atoms with Gasteiger partial charge in [0, 0.05) is 36.3 Å². The molecule has 1 heterocycles. The maximum Gasteiger partial charge on any atom is 0.175 e. The van der Waals surface area contributed by atoms with Crippen LogP contribution in [0.25, 0.3) is 0 Å². The number of ether oxygens (including phenoxy) is 1. The number of aromatic nitrogens is 1. The molecule has 1 aromatic heterocycles. The van der Waals surface area contributed by atoms with Gasteiger partial charge in [-0.1, -0.05) is 0 Å². The summed E-state index contributed by atoms with van der Waals surface area (Å²) in [4.78, 5) is 4.52. The number of benzene rings is 1. The molecule has 0 aliphatic rings. The van der Waals surface area contributed by atoms with Crippen LogP contribution in [0.2, 0.25) is 0 Å². The lowest BCUT2D eigenvalue weighted by Crippen LogP contribution is -2.07. The summed E-state index contributed by atoms with van der Waals surface area (Å²) in [5.74, 6) is 1.30. The van der Waals surface area contributed by atoms with Gasteiger partial charge in [-0.2, -0.15) is 0 Å². The van der Waals surface area contributed by atoms with Gasteiger partial charge >= 0.3 is 0 Å². The Kier molecular flexibility index (Phi) is 4.59. The molecule has 0 atom stereocenters. The van der Waals surface area contributed by atoms with Crippen molar-refractivity contribution in [3.63, 3.8) is 0 Å². The van der Waals surface area contributed by atoms with Crippen molar-refractivity contribution in [3.05, 3.63) is 47.8 Å². The normalized spacial score (nSPS) is 11.4. The summed E-state index contributed by atoms with van der Waals surface area (Å²) in [6, 6.07) is 8.23. The van der Waals surface area contributed by atoms with Crippen molar-refractivity contribution in [2.45, 2.75) is 18.4 Å². The highest BCUT2D eigenvalue weighted by atomic mass is 32.2. The third-order valence-corrected chi connectivity index (χ3v) is 4.06. The fourth-order valence-electron chi connectivity index (χ4n) is 1.86. The quantitative estimate of drug-likeness (QED) is 0.918. The fourth-order valence-corrected chi connectivity index (χ4v) is 2.49. The lowest BCUT2D eigenvalue weighted by Gasteiger charge is -2.11. The maximum absolute atomic E-state index is 11.4. The minimum Gasteiger partial charge on any atom is -0.457 e. The second kappa shape index (κ2) is 6.24. The van der Waals surface area contributed by atoms with E-state index in [0.717, 1.165) is 11.3 Å². The molecule has 0 unspecified atom stereocenters. The first-order valence-electron chi connectivity index (χ1n) is 6.48. The predicted octanol–water partition coefficient (Wildman–Crippen LogP) is 2.31. The van der Waals surface area contributed by atoms with E-state index in [4.69, 9.17) is 4.74 Å². The Morgan fingerprint density at radius 1 is 1.24 bits per heavy atom. The summed E-state index contributed by atoms with van der Waals surface area (Å²) >= 11 is 0. The van der Waals surface area contributed by atoms with Crippen LogP contribution in [0.15, 0.2) is 41.4 Å². The van der Waals surface area contributed by atoms with E-state index in [1.54, 1.807) is 18.3 Å². The van der Waals surface area contributed by atoms with Crippen LogP contribution in [-0.4, -0.2) is 26.7 Å². The van der Waals surface area contributed by atoms with Crippen LogP contribution >= 0.6 is 0 Å². The van der Waals surface area contributed by atoms with Crippen molar-refractivity contribution in [1.82, 2.24) is 10.3 Å². The van der Waals surface area contributed by atoms with Gasteiger partial charge in [-0.15, -0.1) is 0 Å². The standard InChI is InChI=1S/C15H18N2O3S/c1-11-8-15(12(9-16-2)10-17-11)20-13-4-6-14(7-5-13)21(3,18)19/h4-8,10,16H,9H2,1-3H3. The van der Waals surface area contributed by atoms with E-state index in [2.05, 4.69) is 10.3 Å². The molecular weight excluding hydrogens is 288 g/mol. The van der Waals surface area contributed by atoms with Crippen molar-refractivity contribution in [2.24, 2.45) is 0 Å². The Balaban J connectivity index is 2.27. The van der Waals surface area contributed by atoms with Crippen LogP contribution in [0.4, 0.5) is 0 Å². The van der Waals surface area contributed by atoms with Crippen molar-refractivity contribution < 1.29 is 13.2 Å². The minimum atomic E-state index is -3.19. The van der Waals surface area contributed by atoms with Crippen LogP contribution in [0.1, 0.15) is 11.3 Å². The summed E-state index contributed by atoms with van der Waals surface area (Å²) in [5, 5.41) is 3.06. The molecule has 1 N–H and O–H groups in total. The third-order valence-electron chi connectivity index (χ3n) is 2.93. The number of sulfone groups is 1. The highest BCUT2D eigenvalue weighted by Gasteiger charge is 2.09. The maximum atomic E-state index is 11.4. The molecule has 6 heteroatoms. The van der Waals surface area contributed by atoms with Crippen LogP contribution in [0.3, 0.4) is 0 Å². The van der Waals surface area contributed by atoms with Gasteiger partial charge in [0.05, 0.1) is 4.90 Å². The molecule has 21 heavy (non-hydrogen) atoms. The molecule has 2 rings (SSSR count). The highest BCUT2D eigenvalue weighted by Crippen LogP contribution is 2.26. The number of pyridine rings is 1. The minimum absolute atomic E-state index is 0.274. The molecule has 0 saturated heterocycles. The lowest BCUT2D eigenvalue weighted by molar-refractivity contribution is 0.472. The summed E-state index contributed by atoms with van der Waals surface area (Å²) in [6.45, 7) is 2.53. The molecule has 0 amide bonds. The van der Waals surface area contributed by atoms with Crippen molar-refractivity contribution in [3.8, 4) is 11.5 Å². The van der Waals surface area contributed by atoms with Crippen LogP contribution in [0, 0.1) is 6.92 Å². The Morgan fingerprint density at radius 3 is 2.48 bits per heavy atom. The number of rotatable bonds is 5.